The van der Waals surface area contributed by atoms with E-state index in [1.165, 1.54) is 0 Å². The Balaban J connectivity index is 1.59. The van der Waals surface area contributed by atoms with E-state index in [-0.39, 0.29) is 11.8 Å². The summed E-state index contributed by atoms with van der Waals surface area (Å²) >= 11 is 9.78. The van der Waals surface area contributed by atoms with Crippen molar-refractivity contribution in [2.24, 2.45) is 10.7 Å². The van der Waals surface area contributed by atoms with E-state index >= 15 is 0 Å². The van der Waals surface area contributed by atoms with Gasteiger partial charge in [-0.05, 0) is 60.8 Å². The number of carbonyl (C=O) groups excluding carboxylic acids is 2. The van der Waals surface area contributed by atoms with E-state index in [2.05, 4.69) is 27.6 Å². The minimum absolute atomic E-state index is 0.0277. The minimum atomic E-state index is -0.532. The molecule has 1 aliphatic heterocycles. The monoisotopic (exact) mass is 511 g/mol. The lowest BCUT2D eigenvalue weighted by atomic mass is 9.98. The van der Waals surface area contributed by atoms with Gasteiger partial charge in [-0.15, -0.1) is 0 Å². The van der Waals surface area contributed by atoms with Gasteiger partial charge < -0.3 is 15.4 Å². The molecule has 0 aliphatic carbocycles. The standard InChI is InChI=1S/C24H19BrClN3O3/c1-28-20-12-17(25)6-8-21(20)32-22-10-14(5-7-19(22)26)16-11-23(30)29(13-16)18-4-2-3-15(9-18)24(27)31/h2-10,12,16H,1,11,13H2,(H2,27,31)/t16-/m0/s1. The number of carbonyl (C=O) groups is 2. The molecule has 4 rings (SSSR count). The van der Waals surface area contributed by atoms with Gasteiger partial charge in [-0.3, -0.25) is 14.6 Å². The molecular formula is C24H19BrClN3O3. The predicted molar refractivity (Wildman–Crippen MR) is 130 cm³/mol. The van der Waals surface area contributed by atoms with Gasteiger partial charge in [0.1, 0.15) is 11.4 Å². The number of hydrogen-bond acceptors (Lipinski definition) is 4. The number of amides is 2. The van der Waals surface area contributed by atoms with Gasteiger partial charge >= 0.3 is 0 Å². The van der Waals surface area contributed by atoms with Crippen LogP contribution >= 0.6 is 27.5 Å². The van der Waals surface area contributed by atoms with Gasteiger partial charge in [0.2, 0.25) is 11.8 Å². The van der Waals surface area contributed by atoms with E-state index in [0.29, 0.717) is 46.4 Å². The normalized spacial score (nSPS) is 15.6. The third-order valence-electron chi connectivity index (χ3n) is 5.31. The fraction of sp³-hybridized carbons (Fsp3) is 0.125. The number of nitrogens with zero attached hydrogens (tertiary/aromatic N) is 2. The second-order valence-electron chi connectivity index (χ2n) is 7.38. The number of halogens is 2. The lowest BCUT2D eigenvalue weighted by molar-refractivity contribution is -0.117. The highest BCUT2D eigenvalue weighted by Gasteiger charge is 2.32. The van der Waals surface area contributed by atoms with Crippen molar-refractivity contribution in [3.05, 3.63) is 81.3 Å². The fourth-order valence-corrected chi connectivity index (χ4v) is 4.18. The Kier molecular flexibility index (Phi) is 6.30. The van der Waals surface area contributed by atoms with Crippen LogP contribution in [0.3, 0.4) is 0 Å². The van der Waals surface area contributed by atoms with Crippen LogP contribution in [-0.2, 0) is 4.79 Å². The zero-order valence-corrected chi connectivity index (χ0v) is 19.3. The Morgan fingerprint density at radius 2 is 1.97 bits per heavy atom. The van der Waals surface area contributed by atoms with Crippen LogP contribution in [0.5, 0.6) is 11.5 Å². The molecule has 1 aliphatic rings. The average Bonchev–Trinajstić information content (AvgIpc) is 3.18. The number of nitrogens with two attached hydrogens (primary N) is 1. The lowest BCUT2D eigenvalue weighted by Gasteiger charge is -2.18. The highest BCUT2D eigenvalue weighted by atomic mass is 79.9. The highest BCUT2D eigenvalue weighted by molar-refractivity contribution is 9.10. The Morgan fingerprint density at radius 3 is 2.72 bits per heavy atom. The number of anilines is 1. The molecule has 6 nitrogen and oxygen atoms in total. The van der Waals surface area contributed by atoms with Crippen molar-refractivity contribution in [1.82, 2.24) is 0 Å². The summed E-state index contributed by atoms with van der Waals surface area (Å²) in [5.41, 5.74) is 7.90. The first kappa shape index (κ1) is 22.0. The van der Waals surface area contributed by atoms with Crippen molar-refractivity contribution in [2.75, 3.05) is 11.4 Å². The summed E-state index contributed by atoms with van der Waals surface area (Å²) in [5.74, 6) is 0.380. The van der Waals surface area contributed by atoms with Crippen molar-refractivity contribution in [3.8, 4) is 11.5 Å². The van der Waals surface area contributed by atoms with Crippen LogP contribution < -0.4 is 15.4 Å². The molecule has 3 aromatic carbocycles. The van der Waals surface area contributed by atoms with Crippen molar-refractivity contribution >= 4 is 57.4 Å². The topological polar surface area (TPSA) is 85.0 Å². The fourth-order valence-electron chi connectivity index (χ4n) is 3.68. The summed E-state index contributed by atoms with van der Waals surface area (Å²) in [6.45, 7) is 4.06. The van der Waals surface area contributed by atoms with E-state index in [9.17, 15) is 9.59 Å². The summed E-state index contributed by atoms with van der Waals surface area (Å²) in [6.07, 6.45) is 0.333. The van der Waals surface area contributed by atoms with Gasteiger partial charge in [-0.2, -0.15) is 0 Å². The van der Waals surface area contributed by atoms with Crippen LogP contribution in [0.1, 0.15) is 28.3 Å². The maximum atomic E-state index is 12.7. The zero-order chi connectivity index (χ0) is 22.8. The average molecular weight is 513 g/mol. The van der Waals surface area contributed by atoms with E-state index in [4.69, 9.17) is 22.1 Å². The molecule has 0 unspecified atom stereocenters. The van der Waals surface area contributed by atoms with Crippen LogP contribution in [0.2, 0.25) is 5.02 Å². The molecule has 1 heterocycles. The molecule has 3 aromatic rings. The van der Waals surface area contributed by atoms with Crippen LogP contribution in [-0.4, -0.2) is 25.1 Å². The van der Waals surface area contributed by atoms with E-state index < -0.39 is 5.91 Å². The molecule has 0 saturated carbocycles. The Hall–Kier alpha value is -3.16. The lowest BCUT2D eigenvalue weighted by Crippen LogP contribution is -2.24. The summed E-state index contributed by atoms with van der Waals surface area (Å²) in [4.78, 5) is 29.9. The summed E-state index contributed by atoms with van der Waals surface area (Å²) < 4.78 is 6.89. The van der Waals surface area contributed by atoms with Gasteiger partial charge in [0.15, 0.2) is 5.75 Å². The SMILES string of the molecule is C=Nc1cc(Br)ccc1Oc1cc([C@H]2CC(=O)N(c3cccc(C(N)=O)c3)C2)ccc1Cl. The van der Waals surface area contributed by atoms with E-state index in [1.807, 2.05) is 18.2 Å². The van der Waals surface area contributed by atoms with Crippen LogP contribution in [0.25, 0.3) is 0 Å². The maximum Gasteiger partial charge on any atom is 0.248 e. The minimum Gasteiger partial charge on any atom is -0.454 e. The van der Waals surface area contributed by atoms with Crippen molar-refractivity contribution in [2.45, 2.75) is 12.3 Å². The van der Waals surface area contributed by atoms with Crippen molar-refractivity contribution in [3.63, 3.8) is 0 Å². The summed E-state index contributed by atoms with van der Waals surface area (Å²) in [6, 6.07) is 17.7. The van der Waals surface area contributed by atoms with Crippen molar-refractivity contribution < 1.29 is 14.3 Å². The van der Waals surface area contributed by atoms with Crippen LogP contribution in [0, 0.1) is 0 Å². The first-order chi connectivity index (χ1) is 15.4. The molecule has 0 aromatic heterocycles. The number of rotatable bonds is 6. The number of primary amides is 1. The zero-order valence-electron chi connectivity index (χ0n) is 16.9. The van der Waals surface area contributed by atoms with Crippen molar-refractivity contribution in [1.29, 1.82) is 0 Å². The highest BCUT2D eigenvalue weighted by Crippen LogP contribution is 2.40. The quantitative estimate of drug-likeness (QED) is 0.421. The molecule has 1 atom stereocenters. The van der Waals surface area contributed by atoms with Crippen LogP contribution in [0.15, 0.2) is 70.1 Å². The smallest absolute Gasteiger partial charge is 0.248 e. The van der Waals surface area contributed by atoms with Gasteiger partial charge in [0, 0.05) is 34.6 Å². The van der Waals surface area contributed by atoms with Gasteiger partial charge in [0.25, 0.3) is 0 Å². The Morgan fingerprint density at radius 1 is 1.16 bits per heavy atom. The Bertz CT molecular complexity index is 1230. The molecule has 1 saturated heterocycles. The largest absolute Gasteiger partial charge is 0.454 e. The number of hydrogen-bond donors (Lipinski definition) is 1. The van der Waals surface area contributed by atoms with Crippen LogP contribution in [0.4, 0.5) is 11.4 Å². The first-order valence-corrected chi connectivity index (χ1v) is 11.0. The third kappa shape index (κ3) is 4.54. The molecule has 2 amide bonds. The number of aliphatic imine (C=N–C) groups is 1. The number of ether oxygens (including phenoxy) is 1. The van der Waals surface area contributed by atoms with E-state index in [1.54, 1.807) is 47.4 Å². The molecule has 0 bridgehead atoms. The predicted octanol–water partition coefficient (Wildman–Crippen LogP) is 5.85. The molecule has 32 heavy (non-hydrogen) atoms. The second-order valence-corrected chi connectivity index (χ2v) is 8.70. The van der Waals surface area contributed by atoms with Gasteiger partial charge in [-0.25, -0.2) is 0 Å². The molecular weight excluding hydrogens is 494 g/mol. The summed E-state index contributed by atoms with van der Waals surface area (Å²) in [7, 11) is 0. The Labute approximate surface area is 198 Å². The van der Waals surface area contributed by atoms with Gasteiger partial charge in [-0.1, -0.05) is 39.7 Å². The van der Waals surface area contributed by atoms with E-state index in [0.717, 1.165) is 10.0 Å². The number of benzene rings is 3. The maximum absolute atomic E-state index is 12.7. The third-order valence-corrected chi connectivity index (χ3v) is 6.11. The molecule has 0 spiro atoms. The molecule has 2 N–H and O–H groups in total. The first-order valence-electron chi connectivity index (χ1n) is 9.79. The molecule has 8 heteroatoms. The molecule has 162 valence electrons. The second kappa shape index (κ2) is 9.14. The molecule has 1 fully saturated rings. The van der Waals surface area contributed by atoms with Gasteiger partial charge in [0.05, 0.1) is 5.02 Å². The molecule has 0 radical (unpaired) electrons. The summed E-state index contributed by atoms with van der Waals surface area (Å²) in [5, 5.41) is 0.446.